The molecule has 1 fully saturated rings. The fourth-order valence-electron chi connectivity index (χ4n) is 2.39. The minimum absolute atomic E-state index is 0.213. The fraction of sp³-hybridized carbons (Fsp3) is 0.643. The van der Waals surface area contributed by atoms with E-state index in [2.05, 4.69) is 34.3 Å². The molecule has 1 aliphatic rings. The molecule has 3 N–H and O–H groups in total. The van der Waals surface area contributed by atoms with Gasteiger partial charge < -0.3 is 16.0 Å². The van der Waals surface area contributed by atoms with Crippen LogP contribution < -0.4 is 16.0 Å². The number of nitrogens with zero attached hydrogens (tertiary/aromatic N) is 3. The molecule has 6 heteroatoms. The Bertz CT molecular complexity index is 437. The number of rotatable bonds is 5. The Morgan fingerprint density at radius 2 is 2.10 bits per heavy atom. The van der Waals surface area contributed by atoms with E-state index in [0.717, 1.165) is 44.2 Å². The fourth-order valence-corrected chi connectivity index (χ4v) is 2.39. The Labute approximate surface area is 119 Å². The van der Waals surface area contributed by atoms with Crippen LogP contribution in [0.2, 0.25) is 0 Å². The van der Waals surface area contributed by atoms with Crippen molar-refractivity contribution < 1.29 is 4.79 Å². The largest absolute Gasteiger partial charge is 0.364 e. The van der Waals surface area contributed by atoms with Crippen LogP contribution >= 0.6 is 0 Å². The van der Waals surface area contributed by atoms with Gasteiger partial charge in [0.25, 0.3) is 5.91 Å². The molecule has 1 aromatic heterocycles. The number of primary amides is 1. The lowest BCUT2D eigenvalue weighted by Gasteiger charge is -2.33. The van der Waals surface area contributed by atoms with E-state index in [1.165, 1.54) is 0 Å². The summed E-state index contributed by atoms with van der Waals surface area (Å²) in [6.07, 6.45) is 2.30. The van der Waals surface area contributed by atoms with E-state index in [1.807, 2.05) is 6.07 Å². The molecule has 1 saturated heterocycles. The molecule has 0 saturated carbocycles. The van der Waals surface area contributed by atoms with Crippen molar-refractivity contribution in [2.24, 2.45) is 11.7 Å². The number of carbonyl (C=O) groups is 1. The van der Waals surface area contributed by atoms with Gasteiger partial charge in [-0.15, -0.1) is 10.2 Å². The van der Waals surface area contributed by atoms with E-state index in [9.17, 15) is 4.79 Å². The van der Waals surface area contributed by atoms with Crippen molar-refractivity contribution in [2.45, 2.75) is 32.7 Å². The second kappa shape index (κ2) is 6.65. The molecule has 2 heterocycles. The lowest BCUT2D eigenvalue weighted by Crippen LogP contribution is -2.39. The Hall–Kier alpha value is -1.69. The first-order valence-electron chi connectivity index (χ1n) is 7.18. The predicted octanol–water partition coefficient (Wildman–Crippen LogP) is 0.790. The lowest BCUT2D eigenvalue weighted by molar-refractivity contribution is 0.0994. The summed E-state index contributed by atoms with van der Waals surface area (Å²) in [5.74, 6) is 1.01. The highest BCUT2D eigenvalue weighted by Crippen LogP contribution is 2.21. The van der Waals surface area contributed by atoms with E-state index in [0.29, 0.717) is 6.04 Å². The van der Waals surface area contributed by atoms with Crippen LogP contribution in [0.3, 0.4) is 0 Å². The molecular weight excluding hydrogens is 254 g/mol. The second-order valence-electron chi connectivity index (χ2n) is 5.63. The quantitative estimate of drug-likeness (QED) is 0.831. The molecule has 0 atom stereocenters. The highest BCUT2D eigenvalue weighted by atomic mass is 16.1. The summed E-state index contributed by atoms with van der Waals surface area (Å²) in [6.45, 7) is 7.39. The number of nitrogens with one attached hydrogen (secondary N) is 1. The zero-order chi connectivity index (χ0) is 14.5. The predicted molar refractivity (Wildman–Crippen MR) is 78.6 cm³/mol. The maximum Gasteiger partial charge on any atom is 0.269 e. The summed E-state index contributed by atoms with van der Waals surface area (Å²) < 4.78 is 0. The highest BCUT2D eigenvalue weighted by Gasteiger charge is 2.20. The Morgan fingerprint density at radius 1 is 1.40 bits per heavy atom. The van der Waals surface area contributed by atoms with Gasteiger partial charge in [-0.3, -0.25) is 4.79 Å². The van der Waals surface area contributed by atoms with Crippen LogP contribution in [0.25, 0.3) is 0 Å². The molecule has 0 unspecified atom stereocenters. The van der Waals surface area contributed by atoms with Crippen LogP contribution in [0.15, 0.2) is 12.1 Å². The maximum atomic E-state index is 11.0. The first-order chi connectivity index (χ1) is 9.56. The van der Waals surface area contributed by atoms with Crippen molar-refractivity contribution in [2.75, 3.05) is 24.5 Å². The minimum atomic E-state index is -0.539. The molecule has 0 aliphatic carbocycles. The van der Waals surface area contributed by atoms with Crippen molar-refractivity contribution in [1.29, 1.82) is 0 Å². The summed E-state index contributed by atoms with van der Waals surface area (Å²) in [5.41, 5.74) is 5.37. The standard InChI is InChI=1S/C14H23N5O/c1-10(2)16-9-11-5-7-19(8-6-11)13-4-3-12(14(15)20)17-18-13/h3-4,10-11,16H,5-9H2,1-2H3,(H2,15,20). The van der Waals surface area contributed by atoms with E-state index in [4.69, 9.17) is 5.73 Å². The van der Waals surface area contributed by atoms with Crippen LogP contribution in [0.1, 0.15) is 37.2 Å². The number of hydrogen-bond donors (Lipinski definition) is 2. The van der Waals surface area contributed by atoms with Crippen LogP contribution in [-0.2, 0) is 0 Å². The van der Waals surface area contributed by atoms with Gasteiger partial charge in [-0.1, -0.05) is 13.8 Å². The number of aromatic nitrogens is 2. The van der Waals surface area contributed by atoms with Gasteiger partial charge in [-0.25, -0.2) is 0 Å². The van der Waals surface area contributed by atoms with Gasteiger partial charge in [0.15, 0.2) is 11.5 Å². The number of nitrogens with two attached hydrogens (primary N) is 1. The van der Waals surface area contributed by atoms with Crippen molar-refractivity contribution >= 4 is 11.7 Å². The van der Waals surface area contributed by atoms with Gasteiger partial charge >= 0.3 is 0 Å². The van der Waals surface area contributed by atoms with Gasteiger partial charge in [0.1, 0.15) is 0 Å². The summed E-state index contributed by atoms with van der Waals surface area (Å²) in [6, 6.07) is 4.00. The molecule has 0 radical (unpaired) electrons. The smallest absolute Gasteiger partial charge is 0.269 e. The van der Waals surface area contributed by atoms with Crippen LogP contribution in [0, 0.1) is 5.92 Å². The molecule has 1 aromatic rings. The van der Waals surface area contributed by atoms with E-state index >= 15 is 0 Å². The van der Waals surface area contributed by atoms with E-state index < -0.39 is 5.91 Å². The Balaban J connectivity index is 1.85. The number of hydrogen-bond acceptors (Lipinski definition) is 5. The SMILES string of the molecule is CC(C)NCC1CCN(c2ccc(C(N)=O)nn2)CC1. The first-order valence-corrected chi connectivity index (χ1v) is 7.18. The van der Waals surface area contributed by atoms with Crippen molar-refractivity contribution in [3.63, 3.8) is 0 Å². The first kappa shape index (κ1) is 14.7. The maximum absolute atomic E-state index is 11.0. The molecule has 2 rings (SSSR count). The third-order valence-electron chi connectivity index (χ3n) is 3.66. The van der Waals surface area contributed by atoms with Crippen molar-refractivity contribution in [3.05, 3.63) is 17.8 Å². The third-order valence-corrected chi connectivity index (χ3v) is 3.66. The molecule has 20 heavy (non-hydrogen) atoms. The summed E-state index contributed by atoms with van der Waals surface area (Å²) >= 11 is 0. The van der Waals surface area contributed by atoms with Gasteiger partial charge in [0.2, 0.25) is 0 Å². The number of carbonyl (C=O) groups excluding carboxylic acids is 1. The number of anilines is 1. The highest BCUT2D eigenvalue weighted by molar-refractivity contribution is 5.90. The molecular formula is C14H23N5O. The molecule has 1 aliphatic heterocycles. The molecule has 0 bridgehead atoms. The van der Waals surface area contributed by atoms with Crippen LogP contribution in [-0.4, -0.2) is 41.8 Å². The summed E-state index contributed by atoms with van der Waals surface area (Å²) in [7, 11) is 0. The van der Waals surface area contributed by atoms with Gasteiger partial charge in [-0.2, -0.15) is 0 Å². The molecule has 1 amide bonds. The Kier molecular flexibility index (Phi) is 4.89. The average molecular weight is 277 g/mol. The molecule has 0 aromatic carbocycles. The summed E-state index contributed by atoms with van der Waals surface area (Å²) in [5, 5.41) is 11.4. The normalized spacial score (nSPS) is 16.6. The number of piperidine rings is 1. The molecule has 6 nitrogen and oxygen atoms in total. The lowest BCUT2D eigenvalue weighted by atomic mass is 9.96. The van der Waals surface area contributed by atoms with Gasteiger partial charge in [0, 0.05) is 19.1 Å². The topological polar surface area (TPSA) is 84.1 Å². The minimum Gasteiger partial charge on any atom is -0.364 e. The second-order valence-corrected chi connectivity index (χ2v) is 5.63. The zero-order valence-electron chi connectivity index (χ0n) is 12.2. The van der Waals surface area contributed by atoms with Crippen molar-refractivity contribution in [3.8, 4) is 0 Å². The van der Waals surface area contributed by atoms with Crippen LogP contribution in [0.4, 0.5) is 5.82 Å². The van der Waals surface area contributed by atoms with Gasteiger partial charge in [0.05, 0.1) is 0 Å². The average Bonchev–Trinajstić information content (AvgIpc) is 2.46. The third kappa shape index (κ3) is 3.90. The Morgan fingerprint density at radius 3 is 2.60 bits per heavy atom. The van der Waals surface area contributed by atoms with Crippen LogP contribution in [0.5, 0.6) is 0 Å². The summed E-state index contributed by atoms with van der Waals surface area (Å²) in [4.78, 5) is 13.2. The zero-order valence-corrected chi connectivity index (χ0v) is 12.2. The molecule has 110 valence electrons. The van der Waals surface area contributed by atoms with Crippen molar-refractivity contribution in [1.82, 2.24) is 15.5 Å². The monoisotopic (exact) mass is 277 g/mol. The van der Waals surface area contributed by atoms with Gasteiger partial charge in [-0.05, 0) is 37.4 Å². The van der Waals surface area contributed by atoms with E-state index in [-0.39, 0.29) is 5.69 Å². The number of amides is 1. The van der Waals surface area contributed by atoms with E-state index in [1.54, 1.807) is 6.07 Å². The molecule has 0 spiro atoms.